The molecule has 2 amide bonds. The first-order valence-corrected chi connectivity index (χ1v) is 15.0. The molecule has 39 heavy (non-hydrogen) atoms. The van der Waals surface area contributed by atoms with Crippen LogP contribution in [0.3, 0.4) is 0 Å². The van der Waals surface area contributed by atoms with Gasteiger partial charge in [0.25, 0.3) is 5.91 Å². The number of carbonyl (C=O) groups excluding carboxylic acids is 2. The maximum absolute atomic E-state index is 13.8. The van der Waals surface area contributed by atoms with Crippen molar-refractivity contribution in [2.75, 3.05) is 26.2 Å². The van der Waals surface area contributed by atoms with Gasteiger partial charge in [-0.05, 0) is 61.2 Å². The lowest BCUT2D eigenvalue weighted by Crippen LogP contribution is -2.51. The summed E-state index contributed by atoms with van der Waals surface area (Å²) in [7, 11) is -3.83. The molecule has 0 bridgehead atoms. The summed E-state index contributed by atoms with van der Waals surface area (Å²) < 4.78 is 28.1. The van der Waals surface area contributed by atoms with Crippen molar-refractivity contribution in [3.8, 4) is 0 Å². The third-order valence-electron chi connectivity index (χ3n) is 6.97. The number of piperidine rings is 1. The monoisotopic (exact) mass is 567 g/mol. The van der Waals surface area contributed by atoms with E-state index in [0.717, 1.165) is 5.56 Å². The Kier molecular flexibility index (Phi) is 9.78. The van der Waals surface area contributed by atoms with Crippen LogP contribution in [-0.4, -0.2) is 66.6 Å². The van der Waals surface area contributed by atoms with Gasteiger partial charge in [-0.3, -0.25) is 9.59 Å². The fourth-order valence-corrected chi connectivity index (χ4v) is 6.50. The average molecular weight is 568 g/mol. The number of halogens is 1. The van der Waals surface area contributed by atoms with E-state index in [1.165, 1.54) is 4.31 Å². The van der Waals surface area contributed by atoms with Crippen molar-refractivity contribution in [3.05, 3.63) is 101 Å². The summed E-state index contributed by atoms with van der Waals surface area (Å²) in [6.07, 6.45) is 1.80. The lowest BCUT2D eigenvalue weighted by Gasteiger charge is -2.39. The molecule has 1 aliphatic heterocycles. The Morgan fingerprint density at radius 1 is 0.897 bits per heavy atom. The van der Waals surface area contributed by atoms with Crippen LogP contribution >= 0.6 is 11.6 Å². The van der Waals surface area contributed by atoms with Gasteiger partial charge in [-0.1, -0.05) is 67.1 Å². The Bertz CT molecular complexity index is 1340. The van der Waals surface area contributed by atoms with Crippen molar-refractivity contribution in [1.29, 1.82) is 0 Å². The topological polar surface area (TPSA) is 78.0 Å². The molecule has 1 heterocycles. The third kappa shape index (κ3) is 7.26. The maximum atomic E-state index is 13.8. The summed E-state index contributed by atoms with van der Waals surface area (Å²) >= 11 is 5.97. The van der Waals surface area contributed by atoms with Crippen LogP contribution in [-0.2, 0) is 21.4 Å². The first-order valence-electron chi connectivity index (χ1n) is 13.2. The maximum Gasteiger partial charge on any atom is 0.253 e. The first-order chi connectivity index (χ1) is 18.8. The van der Waals surface area contributed by atoms with E-state index in [1.54, 1.807) is 64.4 Å². The number of rotatable bonds is 10. The number of benzene rings is 3. The zero-order valence-corrected chi connectivity index (χ0v) is 23.7. The number of sulfonamides is 1. The van der Waals surface area contributed by atoms with Gasteiger partial charge < -0.3 is 9.80 Å². The van der Waals surface area contributed by atoms with Gasteiger partial charge in [0.05, 0.1) is 11.4 Å². The van der Waals surface area contributed by atoms with Crippen LogP contribution in [0.5, 0.6) is 0 Å². The smallest absolute Gasteiger partial charge is 0.253 e. The Morgan fingerprint density at radius 3 is 2.08 bits per heavy atom. The molecule has 7 nitrogen and oxygen atoms in total. The normalized spacial score (nSPS) is 14.4. The number of carbonyl (C=O) groups is 2. The second-order valence-electron chi connectivity index (χ2n) is 9.69. The van der Waals surface area contributed by atoms with Crippen molar-refractivity contribution < 1.29 is 18.0 Å². The molecule has 3 aromatic rings. The van der Waals surface area contributed by atoms with E-state index >= 15 is 0 Å². The van der Waals surface area contributed by atoms with Crippen molar-refractivity contribution in [2.24, 2.45) is 0 Å². The molecule has 1 saturated heterocycles. The Labute approximate surface area is 236 Å². The highest BCUT2D eigenvalue weighted by Crippen LogP contribution is 2.23. The van der Waals surface area contributed by atoms with E-state index < -0.39 is 10.0 Å². The molecule has 4 rings (SSSR count). The second kappa shape index (κ2) is 13.2. The molecule has 0 spiro atoms. The molecule has 0 aliphatic carbocycles. The summed E-state index contributed by atoms with van der Waals surface area (Å²) in [5, 5.41) is 0.576. The van der Waals surface area contributed by atoms with Gasteiger partial charge in [-0.2, -0.15) is 4.31 Å². The molecule has 0 radical (unpaired) electrons. The largest absolute Gasteiger partial charge is 0.338 e. The van der Waals surface area contributed by atoms with Gasteiger partial charge in [0, 0.05) is 42.8 Å². The predicted octanol–water partition coefficient (Wildman–Crippen LogP) is 5.07. The van der Waals surface area contributed by atoms with Gasteiger partial charge >= 0.3 is 0 Å². The van der Waals surface area contributed by atoms with Crippen molar-refractivity contribution in [1.82, 2.24) is 14.1 Å². The zero-order chi connectivity index (χ0) is 27.8. The van der Waals surface area contributed by atoms with E-state index in [2.05, 4.69) is 0 Å². The summed E-state index contributed by atoms with van der Waals surface area (Å²) in [6, 6.07) is 24.7. The molecule has 0 aromatic heterocycles. The van der Waals surface area contributed by atoms with Crippen LogP contribution in [0.15, 0.2) is 89.8 Å². The highest BCUT2D eigenvalue weighted by Gasteiger charge is 2.33. The number of nitrogens with zero attached hydrogens (tertiary/aromatic N) is 3. The highest BCUT2D eigenvalue weighted by atomic mass is 35.5. The van der Waals surface area contributed by atoms with E-state index in [-0.39, 0.29) is 35.8 Å². The standard InChI is InChI=1S/C30H34ClN3O4S/c1-2-19-33(39(37,38)28-11-7-4-8-12-28)23-29(35)34(22-24-9-5-3-6-10-24)27-17-20-32(21-18-27)30(36)25-13-15-26(31)16-14-25/h3-16,27H,2,17-23H2,1H3. The molecule has 0 saturated carbocycles. The Hall–Kier alpha value is -3.20. The van der Waals surface area contributed by atoms with E-state index in [1.807, 2.05) is 37.3 Å². The van der Waals surface area contributed by atoms with E-state index in [4.69, 9.17) is 11.6 Å². The SMILES string of the molecule is CCCN(CC(=O)N(Cc1ccccc1)C1CCN(C(=O)c2ccc(Cl)cc2)CC1)S(=O)(=O)c1ccccc1. The number of hydrogen-bond donors (Lipinski definition) is 0. The van der Waals surface area contributed by atoms with Crippen molar-refractivity contribution in [2.45, 2.75) is 43.7 Å². The minimum Gasteiger partial charge on any atom is -0.338 e. The summed E-state index contributed by atoms with van der Waals surface area (Å²) in [4.78, 5) is 30.6. The minimum atomic E-state index is -3.83. The van der Waals surface area contributed by atoms with E-state index in [9.17, 15) is 18.0 Å². The minimum absolute atomic E-state index is 0.0610. The molecule has 0 unspecified atom stereocenters. The summed E-state index contributed by atoms with van der Waals surface area (Å²) in [6.45, 7) is 3.29. The van der Waals surface area contributed by atoms with E-state index in [0.29, 0.717) is 49.5 Å². The number of amides is 2. The van der Waals surface area contributed by atoms with Crippen molar-refractivity contribution >= 4 is 33.4 Å². The van der Waals surface area contributed by atoms with Gasteiger partial charge in [0.2, 0.25) is 15.9 Å². The highest BCUT2D eigenvalue weighted by molar-refractivity contribution is 7.89. The van der Waals surface area contributed by atoms with Crippen molar-refractivity contribution in [3.63, 3.8) is 0 Å². The number of hydrogen-bond acceptors (Lipinski definition) is 4. The lowest BCUT2D eigenvalue weighted by atomic mass is 10.0. The van der Waals surface area contributed by atoms with Gasteiger partial charge in [0.1, 0.15) is 0 Å². The number of likely N-dealkylation sites (tertiary alicyclic amines) is 1. The molecule has 3 aromatic carbocycles. The fraction of sp³-hybridized carbons (Fsp3) is 0.333. The second-order valence-corrected chi connectivity index (χ2v) is 12.1. The Balaban J connectivity index is 1.51. The quantitative estimate of drug-likeness (QED) is 0.342. The molecular formula is C30H34ClN3O4S. The van der Waals surface area contributed by atoms with Crippen LogP contribution in [0.4, 0.5) is 0 Å². The molecule has 9 heteroatoms. The van der Waals surface area contributed by atoms with Crippen LogP contribution in [0.25, 0.3) is 0 Å². The molecule has 206 valence electrons. The van der Waals surface area contributed by atoms with Gasteiger partial charge in [-0.25, -0.2) is 8.42 Å². The predicted molar refractivity (Wildman–Crippen MR) is 153 cm³/mol. The summed E-state index contributed by atoms with van der Waals surface area (Å²) in [5.74, 6) is -0.302. The summed E-state index contributed by atoms with van der Waals surface area (Å²) in [5.41, 5.74) is 1.55. The lowest BCUT2D eigenvalue weighted by molar-refractivity contribution is -0.135. The fourth-order valence-electron chi connectivity index (χ4n) is 4.87. The molecule has 0 N–H and O–H groups in total. The van der Waals surface area contributed by atoms with Crippen LogP contribution < -0.4 is 0 Å². The average Bonchev–Trinajstić information content (AvgIpc) is 2.97. The van der Waals surface area contributed by atoms with Crippen LogP contribution in [0.1, 0.15) is 42.1 Å². The van der Waals surface area contributed by atoms with Gasteiger partial charge in [0.15, 0.2) is 0 Å². The molecule has 0 atom stereocenters. The first kappa shape index (κ1) is 28.8. The van der Waals surface area contributed by atoms with Gasteiger partial charge in [-0.15, -0.1) is 0 Å². The molecular weight excluding hydrogens is 534 g/mol. The molecule has 1 fully saturated rings. The molecule has 1 aliphatic rings. The Morgan fingerprint density at radius 2 is 1.49 bits per heavy atom. The third-order valence-corrected chi connectivity index (χ3v) is 9.08. The van der Waals surface area contributed by atoms with Crippen LogP contribution in [0, 0.1) is 0 Å². The van der Waals surface area contributed by atoms with Crippen LogP contribution in [0.2, 0.25) is 5.02 Å². The zero-order valence-electron chi connectivity index (χ0n) is 22.1.